The number of nitrogens with zero attached hydrogens (tertiary/aromatic N) is 1. The summed E-state index contributed by atoms with van der Waals surface area (Å²) in [7, 11) is 1.94. The van der Waals surface area contributed by atoms with Crippen molar-refractivity contribution < 1.29 is 4.74 Å². The van der Waals surface area contributed by atoms with E-state index in [1.54, 1.807) is 6.20 Å². The molecule has 0 unspecified atom stereocenters. The molecule has 0 spiro atoms. The van der Waals surface area contributed by atoms with Crippen LogP contribution in [-0.2, 0) is 6.54 Å². The summed E-state index contributed by atoms with van der Waals surface area (Å²) in [6.45, 7) is 3.49. The second-order valence-corrected chi connectivity index (χ2v) is 3.59. The highest BCUT2D eigenvalue weighted by atomic mass is 16.5. The number of hydrogen-bond donors (Lipinski definition) is 1. The average Bonchev–Trinajstić information content (AvgIpc) is 2.33. The van der Waals surface area contributed by atoms with E-state index < -0.39 is 0 Å². The largest absolute Gasteiger partial charge is 0.492 e. The molecule has 2 aromatic rings. The smallest absolute Gasteiger partial charge is 0.145 e. The molecule has 1 aromatic heterocycles. The highest BCUT2D eigenvalue weighted by Crippen LogP contribution is 2.26. The molecule has 16 heavy (non-hydrogen) atoms. The van der Waals surface area contributed by atoms with Crippen LogP contribution in [0.25, 0.3) is 10.9 Å². The van der Waals surface area contributed by atoms with Gasteiger partial charge < -0.3 is 10.1 Å². The molecular formula is C13H16N2O. The first-order valence-electron chi connectivity index (χ1n) is 5.50. The Morgan fingerprint density at radius 1 is 1.31 bits per heavy atom. The molecule has 1 N–H and O–H groups in total. The first-order valence-corrected chi connectivity index (χ1v) is 5.50. The Balaban J connectivity index is 2.57. The normalized spacial score (nSPS) is 10.6. The molecule has 0 amide bonds. The van der Waals surface area contributed by atoms with Crippen LogP contribution in [0.15, 0.2) is 30.5 Å². The van der Waals surface area contributed by atoms with E-state index in [2.05, 4.69) is 22.4 Å². The summed E-state index contributed by atoms with van der Waals surface area (Å²) in [6.07, 6.45) is 1.80. The second-order valence-electron chi connectivity index (χ2n) is 3.59. The minimum absolute atomic E-state index is 0.664. The summed E-state index contributed by atoms with van der Waals surface area (Å²) < 4.78 is 5.57. The van der Waals surface area contributed by atoms with Crippen LogP contribution in [0.1, 0.15) is 12.5 Å². The molecule has 2 rings (SSSR count). The molecule has 0 fully saturated rings. The third kappa shape index (κ3) is 1.99. The van der Waals surface area contributed by atoms with E-state index in [0.29, 0.717) is 6.61 Å². The van der Waals surface area contributed by atoms with Crippen molar-refractivity contribution in [1.29, 1.82) is 0 Å². The van der Waals surface area contributed by atoms with E-state index in [1.165, 1.54) is 5.56 Å². The second kappa shape index (κ2) is 4.94. The zero-order valence-electron chi connectivity index (χ0n) is 9.66. The fraction of sp³-hybridized carbons (Fsp3) is 0.308. The fourth-order valence-corrected chi connectivity index (χ4v) is 1.82. The number of ether oxygens (including phenoxy) is 1. The van der Waals surface area contributed by atoms with E-state index in [4.69, 9.17) is 4.74 Å². The number of benzene rings is 1. The van der Waals surface area contributed by atoms with Crippen molar-refractivity contribution in [2.24, 2.45) is 0 Å². The maximum absolute atomic E-state index is 5.57. The van der Waals surface area contributed by atoms with Gasteiger partial charge in [-0.25, -0.2) is 0 Å². The number of aromatic nitrogens is 1. The molecule has 1 heterocycles. The molecule has 3 heteroatoms. The highest BCUT2D eigenvalue weighted by Gasteiger charge is 2.06. The van der Waals surface area contributed by atoms with Crippen molar-refractivity contribution in [3.63, 3.8) is 0 Å². The highest BCUT2D eigenvalue weighted by molar-refractivity contribution is 5.87. The first-order chi connectivity index (χ1) is 7.86. The van der Waals surface area contributed by atoms with E-state index in [1.807, 2.05) is 26.1 Å². The van der Waals surface area contributed by atoms with Gasteiger partial charge in [0, 0.05) is 18.1 Å². The molecule has 1 aromatic carbocycles. The Kier molecular flexibility index (Phi) is 3.37. The van der Waals surface area contributed by atoms with Crippen molar-refractivity contribution >= 4 is 10.9 Å². The molecule has 0 atom stereocenters. The van der Waals surface area contributed by atoms with Gasteiger partial charge in [-0.2, -0.15) is 0 Å². The molecule has 0 aliphatic carbocycles. The Hall–Kier alpha value is -1.61. The minimum atomic E-state index is 0.664. The molecule has 0 aliphatic heterocycles. The minimum Gasteiger partial charge on any atom is -0.492 e. The van der Waals surface area contributed by atoms with E-state index in [9.17, 15) is 0 Å². The van der Waals surface area contributed by atoms with Crippen LogP contribution in [0, 0.1) is 0 Å². The zero-order chi connectivity index (χ0) is 11.4. The molecule has 0 saturated heterocycles. The Morgan fingerprint density at radius 2 is 2.19 bits per heavy atom. The Morgan fingerprint density at radius 3 is 2.94 bits per heavy atom. The molecular weight excluding hydrogens is 200 g/mol. The molecule has 0 saturated carbocycles. The van der Waals surface area contributed by atoms with Gasteiger partial charge in [0.15, 0.2) is 0 Å². The number of pyridine rings is 1. The van der Waals surface area contributed by atoms with Gasteiger partial charge in [0.25, 0.3) is 0 Å². The monoisotopic (exact) mass is 216 g/mol. The van der Waals surface area contributed by atoms with E-state index in [0.717, 1.165) is 23.2 Å². The van der Waals surface area contributed by atoms with E-state index >= 15 is 0 Å². The van der Waals surface area contributed by atoms with Gasteiger partial charge in [-0.3, -0.25) is 4.98 Å². The van der Waals surface area contributed by atoms with Gasteiger partial charge >= 0.3 is 0 Å². The van der Waals surface area contributed by atoms with Crippen LogP contribution in [0.3, 0.4) is 0 Å². The Labute approximate surface area is 95.5 Å². The zero-order valence-corrected chi connectivity index (χ0v) is 9.66. The standard InChI is InChI=1S/C13H16N2O/c1-3-16-12-7-6-10(9-14-2)11-5-4-8-15-13(11)12/h4-8,14H,3,9H2,1-2H3. The summed E-state index contributed by atoms with van der Waals surface area (Å²) in [5, 5.41) is 4.31. The summed E-state index contributed by atoms with van der Waals surface area (Å²) in [5.41, 5.74) is 2.19. The van der Waals surface area contributed by atoms with E-state index in [-0.39, 0.29) is 0 Å². The molecule has 0 radical (unpaired) electrons. The lowest BCUT2D eigenvalue weighted by Crippen LogP contribution is -2.06. The van der Waals surface area contributed by atoms with Crippen molar-refractivity contribution in [2.45, 2.75) is 13.5 Å². The predicted molar refractivity (Wildman–Crippen MR) is 65.7 cm³/mol. The summed E-state index contributed by atoms with van der Waals surface area (Å²) >= 11 is 0. The van der Waals surface area contributed by atoms with Gasteiger partial charge in [-0.1, -0.05) is 12.1 Å². The fourth-order valence-electron chi connectivity index (χ4n) is 1.82. The lowest BCUT2D eigenvalue weighted by Gasteiger charge is -2.10. The molecule has 3 nitrogen and oxygen atoms in total. The van der Waals surface area contributed by atoms with Crippen LogP contribution < -0.4 is 10.1 Å². The van der Waals surface area contributed by atoms with Crippen LogP contribution in [-0.4, -0.2) is 18.6 Å². The summed E-state index contributed by atoms with van der Waals surface area (Å²) in [4.78, 5) is 4.39. The van der Waals surface area contributed by atoms with Gasteiger partial charge in [-0.15, -0.1) is 0 Å². The number of hydrogen-bond acceptors (Lipinski definition) is 3. The predicted octanol–water partition coefficient (Wildman–Crippen LogP) is 2.35. The van der Waals surface area contributed by atoms with Gasteiger partial charge in [0.05, 0.1) is 6.61 Å². The van der Waals surface area contributed by atoms with Gasteiger partial charge in [0.2, 0.25) is 0 Å². The van der Waals surface area contributed by atoms with Crippen molar-refractivity contribution in [3.8, 4) is 5.75 Å². The Bertz CT molecular complexity index is 438. The van der Waals surface area contributed by atoms with Crippen molar-refractivity contribution in [3.05, 3.63) is 36.0 Å². The third-order valence-corrected chi connectivity index (χ3v) is 2.49. The van der Waals surface area contributed by atoms with Crippen molar-refractivity contribution in [1.82, 2.24) is 10.3 Å². The van der Waals surface area contributed by atoms with Crippen LogP contribution in [0.5, 0.6) is 5.75 Å². The average molecular weight is 216 g/mol. The number of nitrogens with one attached hydrogen (secondary N) is 1. The molecule has 0 aliphatic rings. The maximum atomic E-state index is 5.57. The van der Waals surface area contributed by atoms with Crippen molar-refractivity contribution in [2.75, 3.05) is 13.7 Å². The topological polar surface area (TPSA) is 34.1 Å². The molecule has 0 bridgehead atoms. The first kappa shape index (κ1) is 10.9. The number of fused-ring (bicyclic) bond motifs is 1. The maximum Gasteiger partial charge on any atom is 0.145 e. The van der Waals surface area contributed by atoms with Gasteiger partial charge in [-0.05, 0) is 31.7 Å². The van der Waals surface area contributed by atoms with Crippen LogP contribution in [0.2, 0.25) is 0 Å². The van der Waals surface area contributed by atoms with Gasteiger partial charge in [0.1, 0.15) is 11.3 Å². The van der Waals surface area contributed by atoms with Crippen LogP contribution >= 0.6 is 0 Å². The quantitative estimate of drug-likeness (QED) is 0.851. The summed E-state index contributed by atoms with van der Waals surface area (Å²) in [5.74, 6) is 0.859. The van der Waals surface area contributed by atoms with Crippen LogP contribution in [0.4, 0.5) is 0 Å². The number of rotatable bonds is 4. The SMILES string of the molecule is CCOc1ccc(CNC)c2cccnc12. The summed E-state index contributed by atoms with van der Waals surface area (Å²) in [6, 6.07) is 8.12. The lowest BCUT2D eigenvalue weighted by atomic mass is 10.1. The third-order valence-electron chi connectivity index (χ3n) is 2.49. The molecule has 84 valence electrons. The lowest BCUT2D eigenvalue weighted by molar-refractivity contribution is 0.343.